The second-order valence-corrected chi connectivity index (χ2v) is 10.9. The topological polar surface area (TPSA) is 83.4 Å². The summed E-state index contributed by atoms with van der Waals surface area (Å²) in [6.07, 6.45) is 5.14. The van der Waals surface area contributed by atoms with Crippen molar-refractivity contribution in [1.82, 2.24) is 4.57 Å². The largest absolute Gasteiger partial charge is 0.593 e. The lowest BCUT2D eigenvalue weighted by atomic mass is 9.99. The molecule has 1 unspecified atom stereocenters. The number of halogens is 3. The fraction of sp³-hybridized carbons (Fsp3) is 0.290. The van der Waals surface area contributed by atoms with Gasteiger partial charge >= 0.3 is 6.09 Å². The molecule has 3 rings (SSSR count). The van der Waals surface area contributed by atoms with Crippen molar-refractivity contribution in [2.24, 2.45) is 0 Å². The van der Waals surface area contributed by atoms with E-state index in [1.807, 2.05) is 33.8 Å². The van der Waals surface area contributed by atoms with Crippen LogP contribution in [0.3, 0.4) is 0 Å². The molecule has 0 bridgehead atoms. The fourth-order valence-electron chi connectivity index (χ4n) is 4.25. The maximum Gasteiger partial charge on any atom is 0.418 e. The summed E-state index contributed by atoms with van der Waals surface area (Å²) in [5.74, 6) is -2.99. The van der Waals surface area contributed by atoms with Crippen LogP contribution in [0.25, 0.3) is 17.2 Å². The average Bonchev–Trinajstić information content (AvgIpc) is 3.33. The van der Waals surface area contributed by atoms with Crippen LogP contribution in [0.1, 0.15) is 68.9 Å². The molecule has 1 atom stereocenters. The van der Waals surface area contributed by atoms with Crippen LogP contribution in [0.4, 0.5) is 19.3 Å². The first-order valence-electron chi connectivity index (χ1n) is 13.3. The van der Waals surface area contributed by atoms with Crippen molar-refractivity contribution in [1.29, 1.82) is 0 Å². The molecule has 6 nitrogen and oxygen atoms in total. The lowest BCUT2D eigenvalue weighted by Crippen LogP contribution is -2.36. The number of carbonyl (C=O) groups is 2. The summed E-state index contributed by atoms with van der Waals surface area (Å²) in [6, 6.07) is 9.10. The number of nitrogens with one attached hydrogen (secondary N) is 1. The van der Waals surface area contributed by atoms with Gasteiger partial charge in [0, 0.05) is 22.0 Å². The maximum absolute atomic E-state index is 15.6. The molecule has 0 spiro atoms. The predicted octanol–water partition coefficient (Wildman–Crippen LogP) is 6.61. The summed E-state index contributed by atoms with van der Waals surface area (Å²) in [4.78, 5) is 27.0. The standard InChI is InChI=1S/C31H33ClF2N2O4S/c1-6-16-41(39)35-26-15-14-25(33)27(28(26)34)30(37)24-18-36(31(38)40-9-4)29(19(5)7-2)23(24)17-20(8-3)21-10-12-22(32)13-11-21/h8,10-15,17-18,35H,6-7,9,16H2,1-5H3/b20-8+,23-17-,29-19-. The minimum absolute atomic E-state index is 0.0840. The Morgan fingerprint density at radius 3 is 2.39 bits per heavy atom. The van der Waals surface area contributed by atoms with E-state index in [4.69, 9.17) is 16.3 Å². The van der Waals surface area contributed by atoms with Crippen LogP contribution < -0.4 is 15.3 Å². The lowest BCUT2D eigenvalue weighted by Gasteiger charge is -2.13. The molecular weight excluding hydrogens is 570 g/mol. The number of aromatic nitrogens is 1. The van der Waals surface area contributed by atoms with Gasteiger partial charge in [0.2, 0.25) is 5.78 Å². The summed E-state index contributed by atoms with van der Waals surface area (Å²) >= 11 is 4.45. The predicted molar refractivity (Wildman–Crippen MR) is 162 cm³/mol. The van der Waals surface area contributed by atoms with Crippen LogP contribution in [0.5, 0.6) is 0 Å². The van der Waals surface area contributed by atoms with Crippen molar-refractivity contribution in [3.05, 3.63) is 92.6 Å². The number of ether oxygens (including phenoxy) is 1. The van der Waals surface area contributed by atoms with Gasteiger partial charge in [-0.05, 0) is 80.7 Å². The molecule has 0 aliphatic carbocycles. The smallest absolute Gasteiger partial charge is 0.418 e. The zero-order chi connectivity index (χ0) is 30.3. The van der Waals surface area contributed by atoms with E-state index in [-0.39, 0.29) is 23.6 Å². The van der Waals surface area contributed by atoms with Crippen LogP contribution >= 0.6 is 11.6 Å². The molecule has 1 heterocycles. The SMILES string of the molecule is C\C=C(/C=c1/c(C(=O)c2c(F)ccc(N[S+]([O-])CCC)c2F)cn(C(=O)OCC)/c1=C(/C)CC)c1ccc(Cl)cc1. The molecule has 0 saturated carbocycles. The first-order valence-corrected chi connectivity index (χ1v) is 15.0. The van der Waals surface area contributed by atoms with Crippen LogP contribution in [0, 0.1) is 11.6 Å². The van der Waals surface area contributed by atoms with Gasteiger partial charge in [-0.15, -0.1) is 0 Å². The summed E-state index contributed by atoms with van der Waals surface area (Å²) in [5, 5.41) is 1.24. The summed E-state index contributed by atoms with van der Waals surface area (Å²) in [5.41, 5.74) is 1.03. The Morgan fingerprint density at radius 2 is 1.80 bits per heavy atom. The van der Waals surface area contributed by atoms with Gasteiger partial charge in [-0.2, -0.15) is 0 Å². The van der Waals surface area contributed by atoms with Gasteiger partial charge < -0.3 is 9.29 Å². The Balaban J connectivity index is 2.38. The van der Waals surface area contributed by atoms with Gasteiger partial charge in [-0.3, -0.25) is 9.36 Å². The fourth-order valence-corrected chi connectivity index (χ4v) is 5.25. The van der Waals surface area contributed by atoms with Gasteiger partial charge in [0.15, 0.2) is 5.82 Å². The Labute approximate surface area is 246 Å². The molecule has 0 amide bonds. The number of allylic oxidation sites excluding steroid dienone is 2. The van der Waals surface area contributed by atoms with E-state index in [2.05, 4.69) is 4.72 Å². The first-order chi connectivity index (χ1) is 19.6. The molecule has 2 aromatic carbocycles. The molecule has 0 aliphatic rings. The molecule has 0 fully saturated rings. The highest BCUT2D eigenvalue weighted by atomic mass is 35.5. The Kier molecular flexibility index (Phi) is 11.3. The number of hydrogen-bond donors (Lipinski definition) is 1. The molecule has 0 aliphatic heterocycles. The van der Waals surface area contributed by atoms with Crippen molar-refractivity contribution in [2.45, 2.75) is 47.5 Å². The van der Waals surface area contributed by atoms with Crippen LogP contribution in [0.15, 0.2) is 48.7 Å². The van der Waals surface area contributed by atoms with Gasteiger partial charge in [-0.25, -0.2) is 18.3 Å². The van der Waals surface area contributed by atoms with Crippen molar-refractivity contribution in [3.63, 3.8) is 0 Å². The average molecular weight is 603 g/mol. The van der Waals surface area contributed by atoms with E-state index in [1.54, 1.807) is 37.3 Å². The van der Waals surface area contributed by atoms with Crippen molar-refractivity contribution < 1.29 is 27.7 Å². The number of nitrogens with zero attached hydrogens (tertiary/aromatic N) is 1. The third kappa shape index (κ3) is 7.28. The molecule has 1 N–H and O–H groups in total. The molecule has 1 aromatic heterocycles. The number of anilines is 1. The number of ketones is 1. The van der Waals surface area contributed by atoms with Gasteiger partial charge in [0.25, 0.3) is 0 Å². The molecule has 0 radical (unpaired) electrons. The third-order valence-electron chi connectivity index (χ3n) is 6.41. The maximum atomic E-state index is 15.6. The van der Waals surface area contributed by atoms with Gasteiger partial charge in [0.1, 0.15) is 17.3 Å². The van der Waals surface area contributed by atoms with Crippen LogP contribution in [0.2, 0.25) is 5.02 Å². The Hall–Kier alpha value is -3.40. The Morgan fingerprint density at radius 1 is 1.12 bits per heavy atom. The summed E-state index contributed by atoms with van der Waals surface area (Å²) in [7, 11) is 0. The number of benzene rings is 2. The molecular formula is C31H33ClF2N2O4S. The van der Waals surface area contributed by atoms with E-state index in [1.165, 1.54) is 10.8 Å². The molecule has 218 valence electrons. The summed E-state index contributed by atoms with van der Waals surface area (Å²) < 4.78 is 52.0. The quantitative estimate of drug-likeness (QED) is 0.209. The molecule has 10 heteroatoms. The molecule has 41 heavy (non-hydrogen) atoms. The minimum atomic E-state index is -1.62. The van der Waals surface area contributed by atoms with E-state index in [9.17, 15) is 14.1 Å². The van der Waals surface area contributed by atoms with Crippen molar-refractivity contribution >= 4 is 57.7 Å². The van der Waals surface area contributed by atoms with Crippen LogP contribution in [-0.4, -0.2) is 33.4 Å². The highest BCUT2D eigenvalue weighted by molar-refractivity contribution is 7.92. The highest BCUT2D eigenvalue weighted by Crippen LogP contribution is 2.25. The van der Waals surface area contributed by atoms with Crippen molar-refractivity contribution in [2.75, 3.05) is 17.1 Å². The van der Waals surface area contributed by atoms with E-state index in [0.29, 0.717) is 34.0 Å². The molecule has 0 saturated heterocycles. The Bertz CT molecular complexity index is 1580. The van der Waals surface area contributed by atoms with Gasteiger partial charge in [-0.1, -0.05) is 43.7 Å². The second kappa shape index (κ2) is 14.5. The van der Waals surface area contributed by atoms with Crippen molar-refractivity contribution in [3.8, 4) is 0 Å². The monoisotopic (exact) mass is 602 g/mol. The van der Waals surface area contributed by atoms with Crippen LogP contribution in [-0.2, 0) is 16.1 Å². The van der Waals surface area contributed by atoms with E-state index in [0.717, 1.165) is 23.3 Å². The number of rotatable bonds is 10. The second-order valence-electron chi connectivity index (χ2n) is 9.17. The van der Waals surface area contributed by atoms with E-state index < -0.39 is 40.4 Å². The van der Waals surface area contributed by atoms with Gasteiger partial charge in [0.05, 0.1) is 28.9 Å². The molecule has 3 aromatic rings. The number of carbonyl (C=O) groups excluding carboxylic acids is 2. The summed E-state index contributed by atoms with van der Waals surface area (Å²) in [6.45, 7) is 9.07. The third-order valence-corrected chi connectivity index (χ3v) is 7.89. The van der Waals surface area contributed by atoms with E-state index >= 15 is 8.78 Å². The first kappa shape index (κ1) is 32.1. The zero-order valence-electron chi connectivity index (χ0n) is 23.6. The minimum Gasteiger partial charge on any atom is -0.593 e. The number of hydrogen-bond acceptors (Lipinski definition) is 5. The normalized spacial score (nSPS) is 13.7. The highest BCUT2D eigenvalue weighted by Gasteiger charge is 2.27. The lowest BCUT2D eigenvalue weighted by molar-refractivity contribution is 0.103. The zero-order valence-corrected chi connectivity index (χ0v) is 25.2.